The SMILES string of the molecule is CCCn1c(-c2ccc(Br)cc2OC)nnc1S(N)(=O)=O. The number of rotatable bonds is 5. The van der Waals surface area contributed by atoms with E-state index < -0.39 is 10.0 Å². The van der Waals surface area contributed by atoms with Gasteiger partial charge in [0.15, 0.2) is 5.82 Å². The van der Waals surface area contributed by atoms with Crippen molar-refractivity contribution in [1.82, 2.24) is 14.8 Å². The smallest absolute Gasteiger partial charge is 0.273 e. The van der Waals surface area contributed by atoms with Gasteiger partial charge in [-0.2, -0.15) is 0 Å². The molecule has 21 heavy (non-hydrogen) atoms. The Morgan fingerprint density at radius 2 is 2.10 bits per heavy atom. The van der Waals surface area contributed by atoms with Crippen molar-refractivity contribution in [2.75, 3.05) is 7.11 Å². The summed E-state index contributed by atoms with van der Waals surface area (Å²) in [6.45, 7) is 2.36. The van der Waals surface area contributed by atoms with Crippen LogP contribution in [0.25, 0.3) is 11.4 Å². The molecule has 1 heterocycles. The molecule has 0 unspecified atom stereocenters. The summed E-state index contributed by atoms with van der Waals surface area (Å²) >= 11 is 3.36. The summed E-state index contributed by atoms with van der Waals surface area (Å²) in [7, 11) is -2.40. The van der Waals surface area contributed by atoms with Crippen molar-refractivity contribution < 1.29 is 13.2 Å². The summed E-state index contributed by atoms with van der Waals surface area (Å²) in [6.07, 6.45) is 0.715. The van der Waals surface area contributed by atoms with E-state index >= 15 is 0 Å². The largest absolute Gasteiger partial charge is 0.496 e. The molecule has 7 nitrogen and oxygen atoms in total. The molecule has 0 radical (unpaired) electrons. The fraction of sp³-hybridized carbons (Fsp3) is 0.333. The summed E-state index contributed by atoms with van der Waals surface area (Å²) in [5.41, 5.74) is 0.650. The highest BCUT2D eigenvalue weighted by molar-refractivity contribution is 9.10. The van der Waals surface area contributed by atoms with Crippen molar-refractivity contribution in [1.29, 1.82) is 0 Å². The van der Waals surface area contributed by atoms with E-state index in [2.05, 4.69) is 26.1 Å². The van der Waals surface area contributed by atoms with E-state index in [0.29, 0.717) is 30.1 Å². The van der Waals surface area contributed by atoms with Crippen LogP contribution in [-0.2, 0) is 16.6 Å². The van der Waals surface area contributed by atoms with Crippen molar-refractivity contribution in [3.63, 3.8) is 0 Å². The zero-order chi connectivity index (χ0) is 15.6. The molecule has 0 saturated heterocycles. The number of ether oxygens (including phenoxy) is 1. The highest BCUT2D eigenvalue weighted by Crippen LogP contribution is 2.32. The maximum atomic E-state index is 11.6. The minimum atomic E-state index is -3.93. The Balaban J connectivity index is 2.67. The van der Waals surface area contributed by atoms with Crippen LogP contribution in [0.5, 0.6) is 5.75 Å². The van der Waals surface area contributed by atoms with Crippen molar-refractivity contribution >= 4 is 26.0 Å². The van der Waals surface area contributed by atoms with Gasteiger partial charge >= 0.3 is 0 Å². The first kappa shape index (κ1) is 15.9. The molecule has 2 rings (SSSR count). The van der Waals surface area contributed by atoms with Crippen LogP contribution in [0.1, 0.15) is 13.3 Å². The number of aromatic nitrogens is 3. The Labute approximate surface area is 131 Å². The van der Waals surface area contributed by atoms with Crippen molar-refractivity contribution in [2.45, 2.75) is 25.0 Å². The topological polar surface area (TPSA) is 100 Å². The number of methoxy groups -OCH3 is 1. The molecule has 1 aromatic heterocycles. The van der Waals surface area contributed by atoms with Crippen LogP contribution in [0.4, 0.5) is 0 Å². The summed E-state index contributed by atoms with van der Waals surface area (Å²) < 4.78 is 30.8. The predicted octanol–water partition coefficient (Wildman–Crippen LogP) is 1.77. The van der Waals surface area contributed by atoms with Crippen LogP contribution in [0.15, 0.2) is 27.8 Å². The zero-order valence-electron chi connectivity index (χ0n) is 11.6. The van der Waals surface area contributed by atoms with Crippen molar-refractivity contribution in [3.05, 3.63) is 22.7 Å². The summed E-state index contributed by atoms with van der Waals surface area (Å²) in [5, 5.41) is 12.6. The van der Waals surface area contributed by atoms with E-state index in [9.17, 15) is 8.42 Å². The van der Waals surface area contributed by atoms with Gasteiger partial charge in [0.2, 0.25) is 0 Å². The van der Waals surface area contributed by atoms with E-state index in [4.69, 9.17) is 9.88 Å². The number of primary sulfonamides is 1. The second-order valence-corrected chi connectivity index (χ2v) is 6.72. The lowest BCUT2D eigenvalue weighted by molar-refractivity contribution is 0.415. The van der Waals surface area contributed by atoms with E-state index in [1.54, 1.807) is 12.1 Å². The molecule has 0 aliphatic heterocycles. The third-order valence-electron chi connectivity index (χ3n) is 2.82. The first-order valence-corrected chi connectivity index (χ1v) is 8.52. The average molecular weight is 375 g/mol. The van der Waals surface area contributed by atoms with Gasteiger partial charge in [-0.15, -0.1) is 10.2 Å². The van der Waals surface area contributed by atoms with Gasteiger partial charge in [0, 0.05) is 11.0 Å². The van der Waals surface area contributed by atoms with Crippen LogP contribution >= 0.6 is 15.9 Å². The molecule has 9 heteroatoms. The summed E-state index contributed by atoms with van der Waals surface area (Å²) in [6, 6.07) is 5.38. The zero-order valence-corrected chi connectivity index (χ0v) is 14.0. The average Bonchev–Trinajstić information content (AvgIpc) is 2.82. The van der Waals surface area contributed by atoms with Gasteiger partial charge in [0.25, 0.3) is 15.2 Å². The molecule has 1 aromatic carbocycles. The predicted molar refractivity (Wildman–Crippen MR) is 81.4 cm³/mol. The van der Waals surface area contributed by atoms with Crippen molar-refractivity contribution in [3.8, 4) is 17.1 Å². The Kier molecular flexibility index (Phi) is 4.64. The molecule has 2 aromatic rings. The Morgan fingerprint density at radius 1 is 1.38 bits per heavy atom. The monoisotopic (exact) mass is 374 g/mol. The Morgan fingerprint density at radius 3 is 2.67 bits per heavy atom. The lowest BCUT2D eigenvalue weighted by atomic mass is 10.2. The van der Waals surface area contributed by atoms with E-state index in [0.717, 1.165) is 4.47 Å². The Hall–Kier alpha value is -1.45. The lowest BCUT2D eigenvalue weighted by Gasteiger charge is -2.11. The van der Waals surface area contributed by atoms with Gasteiger partial charge in [0.05, 0.1) is 12.7 Å². The van der Waals surface area contributed by atoms with Gasteiger partial charge in [-0.05, 0) is 24.6 Å². The third-order valence-corrected chi connectivity index (χ3v) is 4.13. The van der Waals surface area contributed by atoms with E-state index in [1.807, 2.05) is 13.0 Å². The molecule has 0 aliphatic carbocycles. The van der Waals surface area contributed by atoms with Gasteiger partial charge < -0.3 is 4.74 Å². The number of sulfonamides is 1. The normalized spacial score (nSPS) is 11.6. The molecule has 0 aliphatic rings. The summed E-state index contributed by atoms with van der Waals surface area (Å²) in [4.78, 5) is 0. The molecule has 0 bridgehead atoms. The van der Waals surface area contributed by atoms with Crippen LogP contribution in [0.3, 0.4) is 0 Å². The fourth-order valence-corrected chi connectivity index (χ4v) is 2.95. The van der Waals surface area contributed by atoms with Gasteiger partial charge in [-0.1, -0.05) is 22.9 Å². The summed E-state index contributed by atoms with van der Waals surface area (Å²) in [5.74, 6) is 0.973. The molecule has 0 saturated carbocycles. The maximum Gasteiger partial charge on any atom is 0.273 e. The lowest BCUT2D eigenvalue weighted by Crippen LogP contribution is -2.19. The number of nitrogens with two attached hydrogens (primary N) is 1. The van der Waals surface area contributed by atoms with Gasteiger partial charge in [-0.25, -0.2) is 13.6 Å². The van der Waals surface area contributed by atoms with Crippen LogP contribution < -0.4 is 9.88 Å². The minimum absolute atomic E-state index is 0.246. The standard InChI is InChI=1S/C12H15BrN4O3S/c1-3-6-17-11(15-16-12(17)21(14,18)19)9-5-4-8(13)7-10(9)20-2/h4-5,7H,3,6H2,1-2H3,(H2,14,18,19). The van der Waals surface area contributed by atoms with E-state index in [1.165, 1.54) is 11.7 Å². The first-order valence-electron chi connectivity index (χ1n) is 6.18. The number of benzene rings is 1. The minimum Gasteiger partial charge on any atom is -0.496 e. The number of nitrogens with zero attached hydrogens (tertiary/aromatic N) is 3. The number of hydrogen-bond donors (Lipinski definition) is 1. The molecule has 0 amide bonds. The molecular formula is C12H15BrN4O3S. The van der Waals surface area contributed by atoms with Crippen LogP contribution in [0, 0.1) is 0 Å². The number of halogens is 1. The third kappa shape index (κ3) is 3.25. The molecule has 0 fully saturated rings. The number of hydrogen-bond acceptors (Lipinski definition) is 5. The van der Waals surface area contributed by atoms with Crippen molar-refractivity contribution in [2.24, 2.45) is 5.14 Å². The maximum absolute atomic E-state index is 11.6. The van der Waals surface area contributed by atoms with Crippen LogP contribution in [-0.4, -0.2) is 30.3 Å². The Bertz CT molecular complexity index is 758. The first-order chi connectivity index (χ1) is 9.88. The highest BCUT2D eigenvalue weighted by atomic mass is 79.9. The van der Waals surface area contributed by atoms with E-state index in [-0.39, 0.29) is 5.16 Å². The molecule has 114 valence electrons. The molecular weight excluding hydrogens is 360 g/mol. The van der Waals surface area contributed by atoms with Gasteiger partial charge in [-0.3, -0.25) is 4.57 Å². The second kappa shape index (κ2) is 6.12. The quantitative estimate of drug-likeness (QED) is 0.859. The van der Waals surface area contributed by atoms with Gasteiger partial charge in [0.1, 0.15) is 5.75 Å². The fourth-order valence-electron chi connectivity index (χ4n) is 1.97. The highest BCUT2D eigenvalue weighted by Gasteiger charge is 2.23. The molecule has 2 N–H and O–H groups in total. The molecule has 0 atom stereocenters. The van der Waals surface area contributed by atoms with Crippen LogP contribution in [0.2, 0.25) is 0 Å². The molecule has 0 spiro atoms. The second-order valence-electron chi connectivity index (χ2n) is 4.35.